The molecule has 6 nitrogen and oxygen atoms in total. The first-order valence-corrected chi connectivity index (χ1v) is 5.23. The Morgan fingerprint density at radius 1 is 1.44 bits per heavy atom. The highest BCUT2D eigenvalue weighted by Crippen LogP contribution is 2.32. The number of anilines is 2. The SMILES string of the molecule is COCCN1CCNc2c(OC)ncnc21. The van der Waals surface area contributed by atoms with Crippen molar-refractivity contribution in [2.45, 2.75) is 0 Å². The minimum Gasteiger partial charge on any atom is -0.479 e. The van der Waals surface area contributed by atoms with Crippen molar-refractivity contribution in [3.05, 3.63) is 6.33 Å². The maximum absolute atomic E-state index is 5.19. The van der Waals surface area contributed by atoms with E-state index in [0.717, 1.165) is 31.1 Å². The molecule has 0 fully saturated rings. The quantitative estimate of drug-likeness (QED) is 0.797. The summed E-state index contributed by atoms with van der Waals surface area (Å²) in [5.74, 6) is 1.47. The summed E-state index contributed by atoms with van der Waals surface area (Å²) in [4.78, 5) is 10.5. The van der Waals surface area contributed by atoms with Gasteiger partial charge in [0.05, 0.1) is 13.7 Å². The highest BCUT2D eigenvalue weighted by atomic mass is 16.5. The summed E-state index contributed by atoms with van der Waals surface area (Å²) in [5, 5.41) is 3.26. The minimum absolute atomic E-state index is 0.590. The molecule has 0 radical (unpaired) electrons. The van der Waals surface area contributed by atoms with E-state index in [-0.39, 0.29) is 0 Å². The Labute approximate surface area is 94.6 Å². The van der Waals surface area contributed by atoms with Crippen molar-refractivity contribution in [2.24, 2.45) is 0 Å². The van der Waals surface area contributed by atoms with Gasteiger partial charge in [0.25, 0.3) is 0 Å². The number of nitrogens with zero attached hydrogens (tertiary/aromatic N) is 3. The van der Waals surface area contributed by atoms with Crippen molar-refractivity contribution >= 4 is 11.5 Å². The predicted octanol–water partition coefficient (Wildman–Crippen LogP) is 0.363. The highest BCUT2D eigenvalue weighted by molar-refractivity contribution is 5.72. The lowest BCUT2D eigenvalue weighted by Crippen LogP contribution is -2.37. The summed E-state index contributed by atoms with van der Waals surface area (Å²) in [6.07, 6.45) is 1.52. The molecule has 0 saturated heterocycles. The van der Waals surface area contributed by atoms with Gasteiger partial charge in [0.2, 0.25) is 5.88 Å². The molecule has 0 aliphatic carbocycles. The largest absolute Gasteiger partial charge is 0.479 e. The van der Waals surface area contributed by atoms with Crippen molar-refractivity contribution in [3.8, 4) is 5.88 Å². The van der Waals surface area contributed by atoms with E-state index in [1.54, 1.807) is 14.2 Å². The minimum atomic E-state index is 0.590. The fraction of sp³-hybridized carbons (Fsp3) is 0.600. The summed E-state index contributed by atoms with van der Waals surface area (Å²) in [6, 6.07) is 0. The summed E-state index contributed by atoms with van der Waals surface area (Å²) >= 11 is 0. The third kappa shape index (κ3) is 2.01. The number of hydrogen-bond donors (Lipinski definition) is 1. The van der Waals surface area contributed by atoms with Crippen LogP contribution in [0.1, 0.15) is 0 Å². The average Bonchev–Trinajstić information content (AvgIpc) is 2.35. The van der Waals surface area contributed by atoms with Crippen LogP contribution in [0.25, 0.3) is 0 Å². The molecule has 0 unspecified atom stereocenters. The number of rotatable bonds is 4. The molecule has 1 aromatic rings. The molecule has 88 valence electrons. The van der Waals surface area contributed by atoms with Crippen molar-refractivity contribution < 1.29 is 9.47 Å². The van der Waals surface area contributed by atoms with Crippen LogP contribution in [0.5, 0.6) is 5.88 Å². The van der Waals surface area contributed by atoms with Gasteiger partial charge >= 0.3 is 0 Å². The fourth-order valence-electron chi connectivity index (χ4n) is 1.75. The van der Waals surface area contributed by atoms with Crippen molar-refractivity contribution in [3.63, 3.8) is 0 Å². The van der Waals surface area contributed by atoms with Crippen LogP contribution in [-0.2, 0) is 4.74 Å². The molecule has 1 aliphatic rings. The summed E-state index contributed by atoms with van der Waals surface area (Å²) in [6.45, 7) is 3.29. The molecular formula is C10H16N4O2. The summed E-state index contributed by atoms with van der Waals surface area (Å²) < 4.78 is 10.3. The lowest BCUT2D eigenvalue weighted by Gasteiger charge is -2.30. The number of nitrogens with one attached hydrogen (secondary N) is 1. The average molecular weight is 224 g/mol. The Kier molecular flexibility index (Phi) is 3.40. The number of fused-ring (bicyclic) bond motifs is 1. The molecular weight excluding hydrogens is 208 g/mol. The molecule has 2 rings (SSSR count). The number of ether oxygens (including phenoxy) is 2. The van der Waals surface area contributed by atoms with Gasteiger partial charge in [-0.1, -0.05) is 0 Å². The molecule has 2 heterocycles. The van der Waals surface area contributed by atoms with Gasteiger partial charge in [-0.2, -0.15) is 4.98 Å². The lowest BCUT2D eigenvalue weighted by molar-refractivity contribution is 0.205. The Bertz CT molecular complexity index is 359. The molecule has 0 bridgehead atoms. The van der Waals surface area contributed by atoms with Crippen LogP contribution in [-0.4, -0.2) is 50.4 Å². The van der Waals surface area contributed by atoms with Gasteiger partial charge < -0.3 is 19.7 Å². The van der Waals surface area contributed by atoms with E-state index in [9.17, 15) is 0 Å². The molecule has 0 amide bonds. The first kappa shape index (κ1) is 10.9. The second-order valence-electron chi connectivity index (χ2n) is 3.49. The zero-order chi connectivity index (χ0) is 11.4. The van der Waals surface area contributed by atoms with E-state index >= 15 is 0 Å². The monoisotopic (exact) mass is 224 g/mol. The molecule has 1 N–H and O–H groups in total. The van der Waals surface area contributed by atoms with Crippen LogP contribution in [0, 0.1) is 0 Å². The van der Waals surface area contributed by atoms with Gasteiger partial charge in [0, 0.05) is 26.7 Å². The van der Waals surface area contributed by atoms with Gasteiger partial charge in [-0.05, 0) is 0 Å². The van der Waals surface area contributed by atoms with Crippen LogP contribution in [0.15, 0.2) is 6.33 Å². The number of methoxy groups -OCH3 is 2. The molecule has 6 heteroatoms. The van der Waals surface area contributed by atoms with Gasteiger partial charge in [-0.25, -0.2) is 4.98 Å². The zero-order valence-electron chi connectivity index (χ0n) is 9.56. The van der Waals surface area contributed by atoms with E-state index < -0.39 is 0 Å². The van der Waals surface area contributed by atoms with Gasteiger partial charge in [0.1, 0.15) is 12.0 Å². The molecule has 16 heavy (non-hydrogen) atoms. The van der Waals surface area contributed by atoms with Gasteiger partial charge in [-0.3, -0.25) is 0 Å². The Morgan fingerprint density at radius 2 is 2.31 bits per heavy atom. The Morgan fingerprint density at radius 3 is 3.06 bits per heavy atom. The number of hydrogen-bond acceptors (Lipinski definition) is 6. The van der Waals surface area contributed by atoms with Crippen molar-refractivity contribution in [1.29, 1.82) is 0 Å². The maximum atomic E-state index is 5.19. The standard InChI is InChI=1S/C10H16N4O2/c1-15-6-5-14-4-3-11-8-9(14)12-7-13-10(8)16-2/h7,11H,3-6H2,1-2H3. The fourth-order valence-corrected chi connectivity index (χ4v) is 1.75. The zero-order valence-corrected chi connectivity index (χ0v) is 9.56. The van der Waals surface area contributed by atoms with E-state index in [1.807, 2.05) is 0 Å². The molecule has 1 aromatic heterocycles. The van der Waals surface area contributed by atoms with E-state index in [0.29, 0.717) is 12.5 Å². The highest BCUT2D eigenvalue weighted by Gasteiger charge is 2.21. The molecule has 0 atom stereocenters. The van der Waals surface area contributed by atoms with Gasteiger partial charge in [-0.15, -0.1) is 0 Å². The molecule has 0 aromatic carbocycles. The molecule has 1 aliphatic heterocycles. The smallest absolute Gasteiger partial charge is 0.242 e. The Balaban J connectivity index is 2.24. The number of aromatic nitrogens is 2. The second-order valence-corrected chi connectivity index (χ2v) is 3.49. The Hall–Kier alpha value is -1.56. The first-order chi connectivity index (χ1) is 7.86. The normalized spacial score (nSPS) is 14.2. The van der Waals surface area contributed by atoms with E-state index in [1.165, 1.54) is 6.33 Å². The summed E-state index contributed by atoms with van der Waals surface area (Å²) in [5.41, 5.74) is 0.868. The molecule has 0 spiro atoms. The lowest BCUT2D eigenvalue weighted by atomic mass is 10.3. The van der Waals surface area contributed by atoms with E-state index in [4.69, 9.17) is 9.47 Å². The third-order valence-electron chi connectivity index (χ3n) is 2.53. The third-order valence-corrected chi connectivity index (χ3v) is 2.53. The first-order valence-electron chi connectivity index (χ1n) is 5.23. The topological polar surface area (TPSA) is 59.5 Å². The van der Waals surface area contributed by atoms with Crippen LogP contribution in [0.3, 0.4) is 0 Å². The van der Waals surface area contributed by atoms with Crippen molar-refractivity contribution in [1.82, 2.24) is 9.97 Å². The van der Waals surface area contributed by atoms with Crippen molar-refractivity contribution in [2.75, 3.05) is 50.7 Å². The maximum Gasteiger partial charge on any atom is 0.242 e. The van der Waals surface area contributed by atoms with Crippen LogP contribution < -0.4 is 15.0 Å². The summed E-state index contributed by atoms with van der Waals surface area (Å²) in [7, 11) is 3.31. The van der Waals surface area contributed by atoms with Gasteiger partial charge in [0.15, 0.2) is 5.82 Å². The van der Waals surface area contributed by atoms with Crippen LogP contribution in [0.4, 0.5) is 11.5 Å². The van der Waals surface area contributed by atoms with Crippen LogP contribution >= 0.6 is 0 Å². The second kappa shape index (κ2) is 4.98. The predicted molar refractivity (Wildman–Crippen MR) is 61.2 cm³/mol. The molecule has 0 saturated carbocycles. The van der Waals surface area contributed by atoms with E-state index in [2.05, 4.69) is 20.2 Å². The van der Waals surface area contributed by atoms with Crippen LogP contribution in [0.2, 0.25) is 0 Å².